The molecule has 5 heteroatoms. The number of aliphatic hydroxyl groups excluding tert-OH is 2. The maximum absolute atomic E-state index is 11.6. The molecular formula is C22H42O5. The zero-order valence-electron chi connectivity index (χ0n) is 17.5. The molecule has 0 aromatic heterocycles. The molecule has 0 radical (unpaired) electrons. The van der Waals surface area contributed by atoms with Crippen LogP contribution >= 0.6 is 0 Å². The lowest BCUT2D eigenvalue weighted by atomic mass is 10.0. The summed E-state index contributed by atoms with van der Waals surface area (Å²) in [7, 11) is 0. The molecule has 0 aromatic rings. The van der Waals surface area contributed by atoms with Gasteiger partial charge in [0.15, 0.2) is 0 Å². The zero-order valence-corrected chi connectivity index (χ0v) is 17.5. The summed E-state index contributed by atoms with van der Waals surface area (Å²) in [6, 6.07) is 0. The van der Waals surface area contributed by atoms with E-state index in [2.05, 4.69) is 6.92 Å². The molecule has 1 rings (SSSR count). The monoisotopic (exact) mass is 386 g/mol. The topological polar surface area (TPSA) is 79.3 Å². The lowest BCUT2D eigenvalue weighted by molar-refractivity contribution is -0.151. The third-order valence-corrected chi connectivity index (χ3v) is 5.41. The Balaban J connectivity index is 1.89. The Morgan fingerprint density at radius 2 is 1.70 bits per heavy atom. The minimum atomic E-state index is -0.348. The third-order valence-electron chi connectivity index (χ3n) is 5.41. The molecular weight excluding hydrogens is 344 g/mol. The van der Waals surface area contributed by atoms with Crippen LogP contribution in [0.3, 0.4) is 0 Å². The Kier molecular flexibility index (Phi) is 13.8. The first-order valence-corrected chi connectivity index (χ1v) is 11.2. The van der Waals surface area contributed by atoms with Crippen molar-refractivity contribution in [1.29, 1.82) is 0 Å². The largest absolute Gasteiger partial charge is 0.460 e. The summed E-state index contributed by atoms with van der Waals surface area (Å²) in [5, 5.41) is 19.1. The predicted octanol–water partition coefficient (Wildman–Crippen LogP) is 4.52. The second kappa shape index (κ2) is 15.3. The Morgan fingerprint density at radius 1 is 1.00 bits per heavy atom. The average molecular weight is 387 g/mol. The van der Waals surface area contributed by atoms with Crippen LogP contribution in [0.25, 0.3) is 0 Å². The third kappa shape index (κ3) is 12.4. The highest BCUT2D eigenvalue weighted by molar-refractivity contribution is 5.69. The number of unbranched alkanes of at least 4 members (excludes halogenated alkanes) is 7. The zero-order chi connectivity index (χ0) is 19.9. The van der Waals surface area contributed by atoms with Gasteiger partial charge >= 0.3 is 5.97 Å². The van der Waals surface area contributed by atoms with Gasteiger partial charge in [-0.25, -0.2) is 0 Å². The number of carbonyl (C=O) groups is 1. The van der Waals surface area contributed by atoms with E-state index in [1.807, 2.05) is 6.92 Å². The maximum Gasteiger partial charge on any atom is 0.306 e. The number of hydrogen-bond acceptors (Lipinski definition) is 5. The highest BCUT2D eigenvalue weighted by atomic mass is 16.6. The van der Waals surface area contributed by atoms with Gasteiger partial charge in [-0.1, -0.05) is 65.2 Å². The van der Waals surface area contributed by atoms with Crippen LogP contribution in [0.2, 0.25) is 0 Å². The smallest absolute Gasteiger partial charge is 0.306 e. The van der Waals surface area contributed by atoms with E-state index in [1.165, 1.54) is 19.3 Å². The van der Waals surface area contributed by atoms with Gasteiger partial charge in [-0.05, 0) is 25.7 Å². The Hall–Kier alpha value is -0.650. The summed E-state index contributed by atoms with van der Waals surface area (Å²) in [5.41, 5.74) is 0. The molecule has 4 atom stereocenters. The standard InChI is InChI=1S/C22H42O5/c1-3-5-6-10-13-18(24)16-21-20(27-21)14-11-8-7-9-12-15-22(25)26-19(4-2)17-23/h18-21,23-24H,3-17H2,1-2H3. The highest BCUT2D eigenvalue weighted by Gasteiger charge is 2.38. The van der Waals surface area contributed by atoms with E-state index < -0.39 is 0 Å². The van der Waals surface area contributed by atoms with Gasteiger partial charge in [-0.2, -0.15) is 0 Å². The van der Waals surface area contributed by atoms with Crippen molar-refractivity contribution in [3.8, 4) is 0 Å². The first-order valence-electron chi connectivity index (χ1n) is 11.2. The number of aliphatic hydroxyl groups is 2. The minimum absolute atomic E-state index is 0.0949. The number of carbonyl (C=O) groups excluding carboxylic acids is 1. The van der Waals surface area contributed by atoms with Gasteiger partial charge in [0, 0.05) is 12.8 Å². The number of ether oxygens (including phenoxy) is 2. The summed E-state index contributed by atoms with van der Waals surface area (Å²) < 4.78 is 10.9. The lowest BCUT2D eigenvalue weighted by Crippen LogP contribution is -2.20. The van der Waals surface area contributed by atoms with Crippen LogP contribution in [0, 0.1) is 0 Å². The van der Waals surface area contributed by atoms with Gasteiger partial charge in [-0.15, -0.1) is 0 Å². The molecule has 1 aliphatic rings. The van der Waals surface area contributed by atoms with E-state index >= 15 is 0 Å². The predicted molar refractivity (Wildman–Crippen MR) is 108 cm³/mol. The van der Waals surface area contributed by atoms with E-state index in [-0.39, 0.29) is 30.9 Å². The minimum Gasteiger partial charge on any atom is -0.460 e. The van der Waals surface area contributed by atoms with Gasteiger partial charge < -0.3 is 19.7 Å². The molecule has 1 heterocycles. The van der Waals surface area contributed by atoms with Gasteiger partial charge in [0.2, 0.25) is 0 Å². The van der Waals surface area contributed by atoms with Crippen LogP contribution in [-0.4, -0.2) is 47.2 Å². The molecule has 27 heavy (non-hydrogen) atoms. The fourth-order valence-corrected chi connectivity index (χ4v) is 3.47. The molecule has 0 aromatic carbocycles. The molecule has 0 bridgehead atoms. The second-order valence-corrected chi connectivity index (χ2v) is 7.96. The molecule has 2 N–H and O–H groups in total. The van der Waals surface area contributed by atoms with Crippen molar-refractivity contribution in [2.45, 2.75) is 128 Å². The molecule has 0 amide bonds. The molecule has 5 nitrogen and oxygen atoms in total. The molecule has 160 valence electrons. The molecule has 0 spiro atoms. The average Bonchev–Trinajstić information content (AvgIpc) is 3.40. The fraction of sp³-hybridized carbons (Fsp3) is 0.955. The number of hydrogen-bond donors (Lipinski definition) is 2. The van der Waals surface area contributed by atoms with Crippen molar-refractivity contribution < 1.29 is 24.5 Å². The summed E-state index contributed by atoms with van der Waals surface area (Å²) in [4.78, 5) is 11.6. The molecule has 1 saturated heterocycles. The van der Waals surface area contributed by atoms with Crippen LogP contribution in [-0.2, 0) is 14.3 Å². The van der Waals surface area contributed by atoms with Crippen LogP contribution in [0.15, 0.2) is 0 Å². The normalized spacial score (nSPS) is 21.0. The van der Waals surface area contributed by atoms with Crippen molar-refractivity contribution in [2.75, 3.05) is 6.61 Å². The van der Waals surface area contributed by atoms with Crippen LogP contribution in [0.1, 0.15) is 104 Å². The van der Waals surface area contributed by atoms with Crippen LogP contribution < -0.4 is 0 Å². The Labute approximate surface area is 165 Å². The summed E-state index contributed by atoms with van der Waals surface area (Å²) >= 11 is 0. The highest BCUT2D eigenvalue weighted by Crippen LogP contribution is 2.32. The maximum atomic E-state index is 11.6. The quantitative estimate of drug-likeness (QED) is 0.206. The number of epoxide rings is 1. The molecule has 1 fully saturated rings. The van der Waals surface area contributed by atoms with E-state index in [0.717, 1.165) is 57.8 Å². The van der Waals surface area contributed by atoms with Gasteiger partial charge in [-0.3, -0.25) is 4.79 Å². The van der Waals surface area contributed by atoms with Gasteiger partial charge in [0.05, 0.1) is 24.9 Å². The van der Waals surface area contributed by atoms with E-state index in [0.29, 0.717) is 18.9 Å². The fourth-order valence-electron chi connectivity index (χ4n) is 3.47. The van der Waals surface area contributed by atoms with Crippen molar-refractivity contribution in [3.05, 3.63) is 0 Å². The van der Waals surface area contributed by atoms with Gasteiger partial charge in [0.1, 0.15) is 6.10 Å². The molecule has 0 aliphatic carbocycles. The summed E-state index contributed by atoms with van der Waals surface area (Å²) in [6.07, 6.45) is 14.2. The van der Waals surface area contributed by atoms with Crippen LogP contribution in [0.5, 0.6) is 0 Å². The molecule has 0 saturated carbocycles. The molecule has 1 aliphatic heterocycles. The molecule has 4 unspecified atom stereocenters. The van der Waals surface area contributed by atoms with Crippen LogP contribution in [0.4, 0.5) is 0 Å². The first-order chi connectivity index (χ1) is 13.1. The summed E-state index contributed by atoms with van der Waals surface area (Å²) in [6.45, 7) is 4.01. The van der Waals surface area contributed by atoms with Crippen molar-refractivity contribution in [3.63, 3.8) is 0 Å². The van der Waals surface area contributed by atoms with E-state index in [1.54, 1.807) is 0 Å². The number of rotatable bonds is 18. The second-order valence-electron chi connectivity index (χ2n) is 7.96. The SMILES string of the molecule is CCCCCCC(O)CC1OC1CCCCCCCC(=O)OC(CC)CO. The van der Waals surface area contributed by atoms with Crippen molar-refractivity contribution in [2.24, 2.45) is 0 Å². The summed E-state index contributed by atoms with van der Waals surface area (Å²) in [5.74, 6) is -0.196. The Morgan fingerprint density at radius 3 is 2.41 bits per heavy atom. The van der Waals surface area contributed by atoms with Crippen molar-refractivity contribution in [1.82, 2.24) is 0 Å². The van der Waals surface area contributed by atoms with E-state index in [4.69, 9.17) is 14.6 Å². The number of esters is 1. The Bertz CT molecular complexity index is 370. The lowest BCUT2D eigenvalue weighted by Gasteiger charge is -2.12. The van der Waals surface area contributed by atoms with Gasteiger partial charge in [0.25, 0.3) is 0 Å². The first kappa shape index (κ1) is 24.4. The van der Waals surface area contributed by atoms with Crippen molar-refractivity contribution >= 4 is 5.97 Å². The van der Waals surface area contributed by atoms with E-state index in [9.17, 15) is 9.90 Å².